The Kier molecular flexibility index (Phi) is 4.17. The van der Waals surface area contributed by atoms with Crippen molar-refractivity contribution in [1.29, 1.82) is 0 Å². The maximum Gasteiger partial charge on any atom is 0.416 e. The van der Waals surface area contributed by atoms with Crippen molar-refractivity contribution in [2.75, 3.05) is 0 Å². The van der Waals surface area contributed by atoms with Gasteiger partial charge in [0.2, 0.25) is 0 Å². The fourth-order valence-electron chi connectivity index (χ4n) is 3.43. The van der Waals surface area contributed by atoms with Gasteiger partial charge in [-0.2, -0.15) is 18.3 Å². The lowest BCUT2D eigenvalue weighted by atomic mass is 9.77. The Hall–Kier alpha value is -1.86. The van der Waals surface area contributed by atoms with Crippen LogP contribution in [0.25, 0.3) is 0 Å². The summed E-state index contributed by atoms with van der Waals surface area (Å²) in [5.41, 5.74) is -0.414. The molecule has 0 saturated carbocycles. The molecular weight excluding hydrogens is 319 g/mol. The molecule has 1 aliphatic rings. The first-order valence-corrected chi connectivity index (χ1v) is 7.82. The number of hydrogen-bond donors (Lipinski definition) is 2. The molecular formula is C17H20F3N3O. The number of aliphatic hydroxyl groups is 1. The molecule has 2 N–H and O–H groups in total. The normalized spacial score (nSPS) is 28.1. The minimum absolute atomic E-state index is 0.0243. The summed E-state index contributed by atoms with van der Waals surface area (Å²) < 4.78 is 39.9. The molecule has 130 valence electrons. The molecule has 1 aromatic carbocycles. The van der Waals surface area contributed by atoms with Crippen LogP contribution < -0.4 is 5.32 Å². The Morgan fingerprint density at radius 3 is 2.46 bits per heavy atom. The molecule has 1 fully saturated rings. The van der Waals surface area contributed by atoms with Crippen LogP contribution in [0.3, 0.4) is 0 Å². The Morgan fingerprint density at radius 1 is 1.25 bits per heavy atom. The van der Waals surface area contributed by atoms with Crippen molar-refractivity contribution >= 4 is 0 Å². The highest BCUT2D eigenvalue weighted by Gasteiger charge is 2.40. The first-order valence-electron chi connectivity index (χ1n) is 7.82. The third kappa shape index (κ3) is 3.32. The van der Waals surface area contributed by atoms with Gasteiger partial charge in [0, 0.05) is 30.9 Å². The largest absolute Gasteiger partial charge is 0.416 e. The van der Waals surface area contributed by atoms with Gasteiger partial charge in [-0.1, -0.05) is 12.1 Å². The molecule has 0 spiro atoms. The van der Waals surface area contributed by atoms with Crippen LogP contribution in [-0.4, -0.2) is 20.9 Å². The van der Waals surface area contributed by atoms with E-state index >= 15 is 0 Å². The second-order valence-electron chi connectivity index (χ2n) is 6.58. The van der Waals surface area contributed by atoms with Gasteiger partial charge in [0.1, 0.15) is 0 Å². The maximum absolute atomic E-state index is 12.7. The van der Waals surface area contributed by atoms with Gasteiger partial charge >= 0.3 is 6.18 Å². The first kappa shape index (κ1) is 17.0. The number of rotatable bonds is 2. The Labute approximate surface area is 138 Å². The molecule has 7 heteroatoms. The lowest BCUT2D eigenvalue weighted by molar-refractivity contribution is -0.137. The van der Waals surface area contributed by atoms with Gasteiger partial charge in [-0.15, -0.1) is 0 Å². The van der Waals surface area contributed by atoms with E-state index in [-0.39, 0.29) is 12.1 Å². The van der Waals surface area contributed by atoms with Crippen molar-refractivity contribution in [3.8, 4) is 0 Å². The van der Waals surface area contributed by atoms with Crippen molar-refractivity contribution in [1.82, 2.24) is 15.1 Å². The van der Waals surface area contributed by atoms with Crippen LogP contribution in [0.1, 0.15) is 42.5 Å². The van der Waals surface area contributed by atoms with Crippen LogP contribution in [-0.2, 0) is 18.8 Å². The van der Waals surface area contributed by atoms with Gasteiger partial charge in [0.15, 0.2) is 0 Å². The highest BCUT2D eigenvalue weighted by atomic mass is 19.4. The van der Waals surface area contributed by atoms with E-state index in [0.717, 1.165) is 17.7 Å². The zero-order chi connectivity index (χ0) is 17.5. The molecule has 3 rings (SSSR count). The molecule has 1 aromatic heterocycles. The Morgan fingerprint density at radius 2 is 1.92 bits per heavy atom. The number of hydrogen-bond acceptors (Lipinski definition) is 3. The zero-order valence-corrected chi connectivity index (χ0v) is 13.5. The van der Waals surface area contributed by atoms with Crippen molar-refractivity contribution in [2.45, 2.75) is 43.6 Å². The molecule has 0 amide bonds. The predicted molar refractivity (Wildman–Crippen MR) is 83.1 cm³/mol. The summed E-state index contributed by atoms with van der Waals surface area (Å²) in [5, 5.41) is 18.7. The topological polar surface area (TPSA) is 50.1 Å². The van der Waals surface area contributed by atoms with Gasteiger partial charge in [-0.05, 0) is 37.5 Å². The van der Waals surface area contributed by atoms with E-state index in [4.69, 9.17) is 0 Å². The van der Waals surface area contributed by atoms with E-state index in [9.17, 15) is 18.3 Å². The molecule has 0 bridgehead atoms. The van der Waals surface area contributed by atoms with E-state index in [0.29, 0.717) is 18.4 Å². The summed E-state index contributed by atoms with van der Waals surface area (Å²) in [4.78, 5) is 0. The van der Waals surface area contributed by atoms with E-state index < -0.39 is 17.3 Å². The maximum atomic E-state index is 12.7. The SMILES string of the molecule is C[C@H]1CC(O)(c2ccc(C(F)(F)F)cc2)C[C@@H](c2cnn(C)c2)N1. The van der Waals surface area contributed by atoms with E-state index in [2.05, 4.69) is 10.4 Å². The van der Waals surface area contributed by atoms with Crippen molar-refractivity contribution in [3.05, 3.63) is 53.3 Å². The van der Waals surface area contributed by atoms with Crippen LogP contribution in [0.15, 0.2) is 36.7 Å². The molecule has 1 saturated heterocycles. The number of aromatic nitrogens is 2. The molecule has 1 aliphatic heterocycles. The summed E-state index contributed by atoms with van der Waals surface area (Å²) in [6.45, 7) is 1.96. The minimum Gasteiger partial charge on any atom is -0.385 e. The summed E-state index contributed by atoms with van der Waals surface area (Å²) in [7, 11) is 1.82. The molecule has 3 atom stereocenters. The van der Waals surface area contributed by atoms with Crippen molar-refractivity contribution in [2.24, 2.45) is 7.05 Å². The molecule has 2 heterocycles. The zero-order valence-electron chi connectivity index (χ0n) is 13.5. The van der Waals surface area contributed by atoms with E-state index in [1.54, 1.807) is 10.9 Å². The van der Waals surface area contributed by atoms with Crippen LogP contribution in [0.5, 0.6) is 0 Å². The van der Waals surface area contributed by atoms with E-state index in [1.807, 2.05) is 20.2 Å². The summed E-state index contributed by atoms with van der Waals surface area (Å²) in [6.07, 6.45) is 0.0656. The second kappa shape index (κ2) is 5.89. The standard InChI is InChI=1S/C17H20F3N3O/c1-11-7-16(24,8-15(22-11)12-9-21-23(2)10-12)13-3-5-14(6-4-13)17(18,19)20/h3-6,9-11,15,22,24H,7-8H2,1-2H3/t11-,15-,16?/m0/s1. The number of alkyl halides is 3. The van der Waals surface area contributed by atoms with Crippen LogP contribution >= 0.6 is 0 Å². The Balaban J connectivity index is 1.87. The third-order valence-electron chi connectivity index (χ3n) is 4.55. The van der Waals surface area contributed by atoms with Crippen molar-refractivity contribution < 1.29 is 18.3 Å². The summed E-state index contributed by atoms with van der Waals surface area (Å²) in [5.74, 6) is 0. The highest BCUT2D eigenvalue weighted by Crippen LogP contribution is 2.40. The smallest absolute Gasteiger partial charge is 0.385 e. The number of nitrogens with one attached hydrogen (secondary N) is 1. The molecule has 24 heavy (non-hydrogen) atoms. The molecule has 0 aliphatic carbocycles. The van der Waals surface area contributed by atoms with Gasteiger partial charge in [0.05, 0.1) is 17.4 Å². The van der Waals surface area contributed by atoms with Gasteiger partial charge in [-0.3, -0.25) is 4.68 Å². The van der Waals surface area contributed by atoms with Crippen LogP contribution in [0, 0.1) is 0 Å². The van der Waals surface area contributed by atoms with Crippen molar-refractivity contribution in [3.63, 3.8) is 0 Å². The predicted octanol–water partition coefficient (Wildman–Crippen LogP) is 3.14. The second-order valence-corrected chi connectivity index (χ2v) is 6.58. The van der Waals surface area contributed by atoms with Gasteiger partial charge in [-0.25, -0.2) is 0 Å². The molecule has 1 unspecified atom stereocenters. The van der Waals surface area contributed by atoms with Gasteiger partial charge in [0.25, 0.3) is 0 Å². The number of aryl methyl sites for hydroxylation is 1. The van der Waals surface area contributed by atoms with Crippen LogP contribution in [0.2, 0.25) is 0 Å². The molecule has 0 radical (unpaired) electrons. The monoisotopic (exact) mass is 339 g/mol. The number of nitrogens with zero attached hydrogens (tertiary/aromatic N) is 2. The fraction of sp³-hybridized carbons (Fsp3) is 0.471. The average molecular weight is 339 g/mol. The molecule has 4 nitrogen and oxygen atoms in total. The summed E-state index contributed by atoms with van der Waals surface area (Å²) >= 11 is 0. The van der Waals surface area contributed by atoms with Crippen LogP contribution in [0.4, 0.5) is 13.2 Å². The average Bonchev–Trinajstić information content (AvgIpc) is 2.92. The lowest BCUT2D eigenvalue weighted by Gasteiger charge is -2.41. The minimum atomic E-state index is -4.37. The van der Waals surface area contributed by atoms with Gasteiger partial charge < -0.3 is 10.4 Å². The third-order valence-corrected chi connectivity index (χ3v) is 4.55. The number of benzene rings is 1. The number of halogens is 3. The highest BCUT2D eigenvalue weighted by molar-refractivity contribution is 5.30. The Bertz CT molecular complexity index is 711. The number of piperidine rings is 1. The quantitative estimate of drug-likeness (QED) is 0.884. The summed E-state index contributed by atoms with van der Waals surface area (Å²) in [6, 6.07) is 4.73. The fourth-order valence-corrected chi connectivity index (χ4v) is 3.43. The lowest BCUT2D eigenvalue weighted by Crippen LogP contribution is -2.46. The van der Waals surface area contributed by atoms with E-state index in [1.165, 1.54) is 12.1 Å². The molecule has 2 aromatic rings. The first-order chi connectivity index (χ1) is 11.2.